The number of nitrogens with one attached hydrogen (secondary N) is 1. The van der Waals surface area contributed by atoms with E-state index in [4.69, 9.17) is 9.47 Å². The predicted octanol–water partition coefficient (Wildman–Crippen LogP) is 4.27. The zero-order chi connectivity index (χ0) is 19.6. The minimum absolute atomic E-state index is 0.399. The van der Waals surface area contributed by atoms with E-state index in [1.807, 2.05) is 24.3 Å². The molecule has 27 heavy (non-hydrogen) atoms. The van der Waals surface area contributed by atoms with Crippen LogP contribution in [-0.2, 0) is 4.74 Å². The maximum absolute atomic E-state index is 11.0. The second-order valence-electron chi connectivity index (χ2n) is 6.33. The molecule has 0 fully saturated rings. The third kappa shape index (κ3) is 6.66. The molecule has 1 amide bonds. The highest BCUT2D eigenvalue weighted by molar-refractivity contribution is 5.81. The Morgan fingerprint density at radius 3 is 2.67 bits per heavy atom. The van der Waals surface area contributed by atoms with Crippen molar-refractivity contribution in [3.8, 4) is 11.5 Å². The molecule has 0 heterocycles. The average Bonchev–Trinajstić information content (AvgIpc) is 2.65. The summed E-state index contributed by atoms with van der Waals surface area (Å²) in [4.78, 5) is 11.0. The molecule has 0 aliphatic rings. The summed E-state index contributed by atoms with van der Waals surface area (Å²) >= 11 is 0. The standard InChI is InChI=1S/C21H26N2O4/c1-15(2)19-9-8-16(3)12-20(19)27-11-10-26-18-7-5-6-17(13-18)14-22-23-21(24)25-4/h5-9,12-15H,10-11H2,1-4H3,(H,23,24)/b22-14-. The second-order valence-corrected chi connectivity index (χ2v) is 6.33. The van der Waals surface area contributed by atoms with Crippen LogP contribution >= 0.6 is 0 Å². The summed E-state index contributed by atoms with van der Waals surface area (Å²) < 4.78 is 16.1. The highest BCUT2D eigenvalue weighted by Crippen LogP contribution is 2.27. The van der Waals surface area contributed by atoms with Gasteiger partial charge in [0.05, 0.1) is 13.3 Å². The third-order valence-corrected chi connectivity index (χ3v) is 3.81. The minimum atomic E-state index is -0.618. The van der Waals surface area contributed by atoms with Gasteiger partial charge in [0.25, 0.3) is 0 Å². The molecule has 2 aromatic rings. The molecule has 0 unspecified atom stereocenters. The Balaban J connectivity index is 1.86. The van der Waals surface area contributed by atoms with Gasteiger partial charge in [-0.25, -0.2) is 10.2 Å². The van der Waals surface area contributed by atoms with Gasteiger partial charge < -0.3 is 14.2 Å². The van der Waals surface area contributed by atoms with Crippen molar-refractivity contribution in [1.82, 2.24) is 5.43 Å². The number of carbonyl (C=O) groups excluding carboxylic acids is 1. The third-order valence-electron chi connectivity index (χ3n) is 3.81. The summed E-state index contributed by atoms with van der Waals surface area (Å²) in [5.41, 5.74) is 5.39. The maximum atomic E-state index is 11.0. The van der Waals surface area contributed by atoms with E-state index in [1.54, 1.807) is 0 Å². The van der Waals surface area contributed by atoms with Gasteiger partial charge in [-0.15, -0.1) is 0 Å². The molecular weight excluding hydrogens is 344 g/mol. The number of rotatable bonds is 8. The second kappa shape index (κ2) is 10.2. The van der Waals surface area contributed by atoms with E-state index in [0.717, 1.165) is 11.3 Å². The maximum Gasteiger partial charge on any atom is 0.427 e. The predicted molar refractivity (Wildman–Crippen MR) is 106 cm³/mol. The van der Waals surface area contributed by atoms with Crippen LogP contribution in [0.5, 0.6) is 11.5 Å². The Bertz CT molecular complexity index is 788. The number of methoxy groups -OCH3 is 1. The van der Waals surface area contributed by atoms with Crippen LogP contribution < -0.4 is 14.9 Å². The zero-order valence-corrected chi connectivity index (χ0v) is 16.2. The number of hydrogen-bond donors (Lipinski definition) is 1. The lowest BCUT2D eigenvalue weighted by Gasteiger charge is -2.15. The van der Waals surface area contributed by atoms with Crippen LogP contribution in [0.4, 0.5) is 4.79 Å². The number of benzene rings is 2. The Hall–Kier alpha value is -3.02. The number of carbonyl (C=O) groups is 1. The number of amides is 1. The van der Waals surface area contributed by atoms with Gasteiger partial charge in [-0.05, 0) is 47.7 Å². The Kier molecular flexibility index (Phi) is 7.67. The van der Waals surface area contributed by atoms with E-state index in [1.165, 1.54) is 24.5 Å². The van der Waals surface area contributed by atoms with Gasteiger partial charge in [0.2, 0.25) is 0 Å². The average molecular weight is 370 g/mol. The monoisotopic (exact) mass is 370 g/mol. The van der Waals surface area contributed by atoms with Crippen LogP contribution in [0.25, 0.3) is 0 Å². The first-order valence-corrected chi connectivity index (χ1v) is 8.83. The van der Waals surface area contributed by atoms with Crippen molar-refractivity contribution in [2.24, 2.45) is 5.10 Å². The normalized spacial score (nSPS) is 10.9. The lowest BCUT2D eigenvalue weighted by atomic mass is 10.0. The first kappa shape index (κ1) is 20.3. The van der Waals surface area contributed by atoms with Crippen LogP contribution in [-0.4, -0.2) is 32.6 Å². The smallest absolute Gasteiger partial charge is 0.427 e. The molecule has 0 aliphatic heterocycles. The largest absolute Gasteiger partial charge is 0.490 e. The van der Waals surface area contributed by atoms with Crippen molar-refractivity contribution < 1.29 is 19.0 Å². The van der Waals surface area contributed by atoms with Gasteiger partial charge in [0.15, 0.2) is 0 Å². The fraction of sp³-hybridized carbons (Fsp3) is 0.333. The SMILES string of the molecule is COC(=O)N/N=C\c1cccc(OCCOc2cc(C)ccc2C(C)C)c1. The van der Waals surface area contributed by atoms with Crippen molar-refractivity contribution in [2.45, 2.75) is 26.7 Å². The first-order valence-electron chi connectivity index (χ1n) is 8.83. The molecule has 0 saturated heterocycles. The summed E-state index contributed by atoms with van der Waals surface area (Å²) in [7, 11) is 1.28. The number of nitrogens with zero attached hydrogens (tertiary/aromatic N) is 1. The number of aryl methyl sites for hydroxylation is 1. The Morgan fingerprint density at radius 2 is 1.93 bits per heavy atom. The van der Waals surface area contributed by atoms with E-state index in [9.17, 15) is 4.79 Å². The molecule has 144 valence electrons. The van der Waals surface area contributed by atoms with E-state index in [2.05, 4.69) is 54.2 Å². The van der Waals surface area contributed by atoms with Crippen LogP contribution in [0.15, 0.2) is 47.6 Å². The number of hydrogen-bond acceptors (Lipinski definition) is 5. The van der Waals surface area contributed by atoms with E-state index < -0.39 is 6.09 Å². The molecule has 6 nitrogen and oxygen atoms in total. The van der Waals surface area contributed by atoms with Gasteiger partial charge in [-0.3, -0.25) is 0 Å². The van der Waals surface area contributed by atoms with E-state index >= 15 is 0 Å². The van der Waals surface area contributed by atoms with Crippen molar-refractivity contribution in [1.29, 1.82) is 0 Å². The van der Waals surface area contributed by atoms with Crippen LogP contribution in [0, 0.1) is 6.92 Å². The van der Waals surface area contributed by atoms with Crippen LogP contribution in [0.3, 0.4) is 0 Å². The molecule has 6 heteroatoms. The molecule has 0 aromatic heterocycles. The van der Waals surface area contributed by atoms with Gasteiger partial charge in [-0.1, -0.05) is 38.1 Å². The molecule has 2 rings (SSSR count). The Labute approximate surface area is 160 Å². The molecule has 0 bridgehead atoms. The molecule has 0 radical (unpaired) electrons. The lowest BCUT2D eigenvalue weighted by Crippen LogP contribution is -2.16. The van der Waals surface area contributed by atoms with Crippen LogP contribution in [0.1, 0.15) is 36.5 Å². The van der Waals surface area contributed by atoms with Gasteiger partial charge >= 0.3 is 6.09 Å². The van der Waals surface area contributed by atoms with Gasteiger partial charge in [0.1, 0.15) is 24.7 Å². The first-order chi connectivity index (χ1) is 13.0. The van der Waals surface area contributed by atoms with Gasteiger partial charge in [-0.2, -0.15) is 5.10 Å². The Morgan fingerprint density at radius 1 is 1.15 bits per heavy atom. The fourth-order valence-electron chi connectivity index (χ4n) is 2.44. The molecule has 0 aliphatic carbocycles. The summed E-state index contributed by atoms with van der Waals surface area (Å²) in [5, 5.41) is 3.79. The lowest BCUT2D eigenvalue weighted by molar-refractivity contribution is 0.171. The van der Waals surface area contributed by atoms with Crippen LogP contribution in [0.2, 0.25) is 0 Å². The van der Waals surface area contributed by atoms with Crippen molar-refractivity contribution in [3.63, 3.8) is 0 Å². The summed E-state index contributed by atoms with van der Waals surface area (Å²) in [6.45, 7) is 7.22. The quantitative estimate of drug-likeness (QED) is 0.428. The highest BCUT2D eigenvalue weighted by Gasteiger charge is 2.08. The molecular formula is C21H26N2O4. The summed E-state index contributed by atoms with van der Waals surface area (Å²) in [5.74, 6) is 2.01. The van der Waals surface area contributed by atoms with E-state index in [-0.39, 0.29) is 0 Å². The number of ether oxygens (including phenoxy) is 3. The summed E-state index contributed by atoms with van der Waals surface area (Å²) in [6.07, 6.45) is 0.898. The van der Waals surface area contributed by atoms with E-state index in [0.29, 0.717) is 24.9 Å². The van der Waals surface area contributed by atoms with Crippen molar-refractivity contribution in [3.05, 3.63) is 59.2 Å². The molecule has 0 atom stereocenters. The topological polar surface area (TPSA) is 69.2 Å². The molecule has 0 spiro atoms. The number of hydrazone groups is 1. The van der Waals surface area contributed by atoms with Gasteiger partial charge in [0, 0.05) is 0 Å². The summed E-state index contributed by atoms with van der Waals surface area (Å²) in [6, 6.07) is 13.7. The minimum Gasteiger partial charge on any atom is -0.490 e. The van der Waals surface area contributed by atoms with Crippen molar-refractivity contribution >= 4 is 12.3 Å². The highest BCUT2D eigenvalue weighted by atomic mass is 16.5. The molecule has 2 aromatic carbocycles. The zero-order valence-electron chi connectivity index (χ0n) is 16.2. The fourth-order valence-corrected chi connectivity index (χ4v) is 2.44. The molecule has 0 saturated carbocycles. The van der Waals surface area contributed by atoms with Crippen molar-refractivity contribution in [2.75, 3.05) is 20.3 Å². The molecule has 1 N–H and O–H groups in total.